The van der Waals surface area contributed by atoms with Gasteiger partial charge in [0.1, 0.15) is 0 Å². The number of aryl methyl sites for hydroxylation is 2. The van der Waals surface area contributed by atoms with Crippen molar-refractivity contribution in [2.75, 3.05) is 13.7 Å². The molecule has 1 saturated heterocycles. The van der Waals surface area contributed by atoms with E-state index in [0.717, 1.165) is 24.0 Å². The molecule has 2 N–H and O–H groups in total. The van der Waals surface area contributed by atoms with Crippen LogP contribution in [0.3, 0.4) is 0 Å². The maximum absolute atomic E-state index is 10.5. The molecule has 29 heavy (non-hydrogen) atoms. The molecule has 0 bridgehead atoms. The molecule has 4 nitrogen and oxygen atoms in total. The molecule has 1 aliphatic carbocycles. The van der Waals surface area contributed by atoms with Gasteiger partial charge in [0.25, 0.3) is 0 Å². The Kier molecular flexibility index (Phi) is 5.80. The lowest BCUT2D eigenvalue weighted by Gasteiger charge is -2.41. The van der Waals surface area contributed by atoms with E-state index in [0.29, 0.717) is 19.3 Å². The number of rotatable bonds is 5. The van der Waals surface area contributed by atoms with Crippen LogP contribution in [-0.4, -0.2) is 36.1 Å². The Balaban J connectivity index is 1.72. The molecule has 0 amide bonds. The highest BCUT2D eigenvalue weighted by molar-refractivity contribution is 5.48. The average molecular weight is 397 g/mol. The van der Waals surface area contributed by atoms with Crippen LogP contribution < -0.4 is 0 Å². The molecule has 1 aliphatic heterocycles. The maximum atomic E-state index is 10.5. The molecule has 4 heteroatoms. The van der Waals surface area contributed by atoms with E-state index in [1.165, 1.54) is 22.3 Å². The van der Waals surface area contributed by atoms with Crippen LogP contribution in [0.15, 0.2) is 36.4 Å². The van der Waals surface area contributed by atoms with Crippen LogP contribution in [0, 0.1) is 6.92 Å². The van der Waals surface area contributed by atoms with E-state index in [-0.39, 0.29) is 18.8 Å². The molecular weight excluding hydrogens is 364 g/mol. The van der Waals surface area contributed by atoms with Crippen LogP contribution in [0.2, 0.25) is 0 Å². The zero-order valence-corrected chi connectivity index (χ0v) is 17.6. The van der Waals surface area contributed by atoms with Gasteiger partial charge in [-0.15, -0.1) is 0 Å². The number of hydrogen-bond donors (Lipinski definition) is 2. The summed E-state index contributed by atoms with van der Waals surface area (Å²) < 4.78 is 12.2. The third-order valence-electron chi connectivity index (χ3n) is 6.67. The van der Waals surface area contributed by atoms with Crippen LogP contribution in [0.1, 0.15) is 65.7 Å². The molecule has 0 saturated carbocycles. The summed E-state index contributed by atoms with van der Waals surface area (Å²) in [4.78, 5) is 0. The lowest BCUT2D eigenvalue weighted by molar-refractivity contribution is -0.185. The lowest BCUT2D eigenvalue weighted by atomic mass is 9.83. The van der Waals surface area contributed by atoms with E-state index in [2.05, 4.69) is 50.2 Å². The SMILES string of the molecule is CCc1ccc(Cc2cc3c(cc2C)C(OC)CC32CC(O)CC(CO)O2)cc1. The summed E-state index contributed by atoms with van der Waals surface area (Å²) in [5, 5.41) is 20.2. The molecule has 4 atom stereocenters. The number of benzene rings is 2. The highest BCUT2D eigenvalue weighted by atomic mass is 16.5. The van der Waals surface area contributed by atoms with Gasteiger partial charge in [-0.1, -0.05) is 43.3 Å². The Morgan fingerprint density at radius 1 is 1.14 bits per heavy atom. The third-order valence-corrected chi connectivity index (χ3v) is 6.67. The second-order valence-electron chi connectivity index (χ2n) is 8.65. The number of aliphatic hydroxyl groups excluding tert-OH is 2. The van der Waals surface area contributed by atoms with Crippen molar-refractivity contribution in [3.8, 4) is 0 Å². The van der Waals surface area contributed by atoms with E-state index in [4.69, 9.17) is 9.47 Å². The van der Waals surface area contributed by atoms with Crippen molar-refractivity contribution in [1.82, 2.24) is 0 Å². The lowest BCUT2D eigenvalue weighted by Crippen LogP contribution is -2.44. The molecule has 2 aromatic rings. The summed E-state index contributed by atoms with van der Waals surface area (Å²) in [6, 6.07) is 13.3. The molecule has 4 unspecified atom stereocenters. The summed E-state index contributed by atoms with van der Waals surface area (Å²) in [6.45, 7) is 4.25. The number of methoxy groups -OCH3 is 1. The van der Waals surface area contributed by atoms with E-state index in [1.54, 1.807) is 7.11 Å². The van der Waals surface area contributed by atoms with Gasteiger partial charge in [-0.25, -0.2) is 0 Å². The second-order valence-corrected chi connectivity index (χ2v) is 8.65. The first kappa shape index (κ1) is 20.5. The minimum atomic E-state index is -0.588. The van der Waals surface area contributed by atoms with Crippen LogP contribution in [0.5, 0.6) is 0 Å². The zero-order chi connectivity index (χ0) is 20.6. The molecule has 0 aromatic heterocycles. The quantitative estimate of drug-likeness (QED) is 0.803. The zero-order valence-electron chi connectivity index (χ0n) is 17.6. The van der Waals surface area contributed by atoms with Gasteiger partial charge in [0.2, 0.25) is 0 Å². The minimum Gasteiger partial charge on any atom is -0.394 e. The van der Waals surface area contributed by atoms with Gasteiger partial charge in [-0.3, -0.25) is 0 Å². The fraction of sp³-hybridized carbons (Fsp3) is 0.520. The van der Waals surface area contributed by atoms with Crippen LogP contribution >= 0.6 is 0 Å². The Morgan fingerprint density at radius 3 is 2.52 bits per heavy atom. The van der Waals surface area contributed by atoms with Crippen molar-refractivity contribution >= 4 is 0 Å². The molecule has 1 heterocycles. The van der Waals surface area contributed by atoms with Gasteiger partial charge in [0.15, 0.2) is 0 Å². The summed E-state index contributed by atoms with van der Waals surface area (Å²) in [7, 11) is 1.73. The summed E-state index contributed by atoms with van der Waals surface area (Å²) in [6.07, 6.45) is 2.75. The molecule has 2 aromatic carbocycles. The summed E-state index contributed by atoms with van der Waals surface area (Å²) >= 11 is 0. The van der Waals surface area contributed by atoms with Gasteiger partial charge in [0.05, 0.1) is 30.5 Å². The molecular formula is C25H32O4. The van der Waals surface area contributed by atoms with Crippen molar-refractivity contribution in [1.29, 1.82) is 0 Å². The predicted molar refractivity (Wildman–Crippen MR) is 113 cm³/mol. The largest absolute Gasteiger partial charge is 0.394 e. The van der Waals surface area contributed by atoms with Crippen molar-refractivity contribution in [2.24, 2.45) is 0 Å². The van der Waals surface area contributed by atoms with Gasteiger partial charge >= 0.3 is 0 Å². The predicted octanol–water partition coefficient (Wildman–Crippen LogP) is 3.97. The minimum absolute atomic E-state index is 0.0498. The Hall–Kier alpha value is -1.72. The van der Waals surface area contributed by atoms with E-state index in [1.807, 2.05) is 0 Å². The summed E-state index contributed by atoms with van der Waals surface area (Å²) in [5.74, 6) is 0. The average Bonchev–Trinajstić information content (AvgIpc) is 3.00. The van der Waals surface area contributed by atoms with E-state index >= 15 is 0 Å². The fourth-order valence-electron chi connectivity index (χ4n) is 5.07. The van der Waals surface area contributed by atoms with Crippen molar-refractivity contribution in [2.45, 2.75) is 69.9 Å². The maximum Gasteiger partial charge on any atom is 0.0992 e. The number of aliphatic hydroxyl groups is 2. The van der Waals surface area contributed by atoms with Gasteiger partial charge in [0, 0.05) is 26.4 Å². The third kappa shape index (κ3) is 3.87. The van der Waals surface area contributed by atoms with E-state index in [9.17, 15) is 10.2 Å². The number of hydrogen-bond acceptors (Lipinski definition) is 4. The monoisotopic (exact) mass is 396 g/mol. The molecule has 0 radical (unpaired) electrons. The molecule has 2 aliphatic rings. The first-order valence-electron chi connectivity index (χ1n) is 10.7. The topological polar surface area (TPSA) is 58.9 Å². The summed E-state index contributed by atoms with van der Waals surface area (Å²) in [5.41, 5.74) is 6.84. The highest BCUT2D eigenvalue weighted by Crippen LogP contribution is 2.53. The molecule has 4 rings (SSSR count). The normalized spacial score (nSPS) is 28.7. The van der Waals surface area contributed by atoms with E-state index < -0.39 is 11.7 Å². The van der Waals surface area contributed by atoms with Crippen molar-refractivity contribution in [3.05, 3.63) is 69.8 Å². The van der Waals surface area contributed by atoms with Gasteiger partial charge < -0.3 is 19.7 Å². The molecule has 1 fully saturated rings. The van der Waals surface area contributed by atoms with Crippen molar-refractivity contribution in [3.63, 3.8) is 0 Å². The van der Waals surface area contributed by atoms with Crippen LogP contribution in [0.25, 0.3) is 0 Å². The van der Waals surface area contributed by atoms with Gasteiger partial charge in [-0.2, -0.15) is 0 Å². The Morgan fingerprint density at radius 2 is 1.86 bits per heavy atom. The fourth-order valence-corrected chi connectivity index (χ4v) is 5.07. The second kappa shape index (κ2) is 8.19. The first-order valence-corrected chi connectivity index (χ1v) is 10.7. The highest BCUT2D eigenvalue weighted by Gasteiger charge is 2.50. The first-order chi connectivity index (χ1) is 14.0. The standard InChI is InChI=1S/C25H32O4/c1-4-17-5-7-18(8-6-17)10-19-11-23-22(9-16(19)2)24(28-3)14-25(23)13-20(27)12-21(15-26)29-25/h5-9,11,20-21,24,26-27H,4,10,12-15H2,1-3H3. The van der Waals surface area contributed by atoms with Gasteiger partial charge in [-0.05, 0) is 53.1 Å². The van der Waals surface area contributed by atoms with Crippen LogP contribution in [-0.2, 0) is 27.9 Å². The Labute approximate surface area is 173 Å². The number of fused-ring (bicyclic) bond motifs is 2. The smallest absolute Gasteiger partial charge is 0.0992 e. The Bertz CT molecular complexity index is 860. The number of ether oxygens (including phenoxy) is 2. The molecule has 1 spiro atoms. The molecule has 156 valence electrons. The van der Waals surface area contributed by atoms with Crippen molar-refractivity contribution < 1.29 is 19.7 Å². The van der Waals surface area contributed by atoms with Crippen LogP contribution in [0.4, 0.5) is 0 Å².